The third kappa shape index (κ3) is 4.35. The van der Waals surface area contributed by atoms with E-state index in [-0.39, 0.29) is 43.6 Å². The van der Waals surface area contributed by atoms with Crippen molar-refractivity contribution in [1.82, 2.24) is 0 Å². The number of hydrogen-bond donors (Lipinski definition) is 1. The average molecular weight is 439 g/mol. The van der Waals surface area contributed by atoms with Crippen molar-refractivity contribution in [2.75, 3.05) is 18.4 Å². The largest absolute Gasteiger partial charge is 0.495 e. The molecule has 0 fully saturated rings. The van der Waals surface area contributed by atoms with Crippen molar-refractivity contribution in [1.29, 1.82) is 0 Å². The summed E-state index contributed by atoms with van der Waals surface area (Å²) in [4.78, 5) is 11.5. The quantitative estimate of drug-likeness (QED) is 0.665. The van der Waals surface area contributed by atoms with Crippen LogP contribution in [0.1, 0.15) is 17.3 Å². The van der Waals surface area contributed by atoms with E-state index in [1.165, 1.54) is 37.4 Å². The Kier molecular flexibility index (Phi) is 6.63. The van der Waals surface area contributed by atoms with Gasteiger partial charge in [0.2, 0.25) is 0 Å². The summed E-state index contributed by atoms with van der Waals surface area (Å²) in [7, 11) is -2.70. The molecule has 0 atom stereocenters. The fourth-order valence-corrected chi connectivity index (χ4v) is 4.22. The van der Waals surface area contributed by atoms with Crippen LogP contribution in [0.3, 0.4) is 0 Å². The number of sulfonamides is 1. The van der Waals surface area contributed by atoms with Crippen LogP contribution < -0.4 is 9.46 Å². The summed E-state index contributed by atoms with van der Waals surface area (Å²) in [6, 6.07) is 6.69. The molecule has 0 aliphatic carbocycles. The van der Waals surface area contributed by atoms with Crippen LogP contribution in [-0.4, -0.2) is 28.1 Å². The van der Waals surface area contributed by atoms with Gasteiger partial charge in [0.1, 0.15) is 15.7 Å². The molecular formula is C16H14Cl3NO5S. The first-order valence-electron chi connectivity index (χ1n) is 7.22. The molecule has 0 saturated heterocycles. The topological polar surface area (TPSA) is 81.7 Å². The van der Waals surface area contributed by atoms with Crippen LogP contribution in [0.15, 0.2) is 35.2 Å². The number of methoxy groups -OCH3 is 1. The Morgan fingerprint density at radius 2 is 1.81 bits per heavy atom. The van der Waals surface area contributed by atoms with Crippen LogP contribution in [0.25, 0.3) is 0 Å². The van der Waals surface area contributed by atoms with Crippen molar-refractivity contribution in [3.63, 3.8) is 0 Å². The lowest BCUT2D eigenvalue weighted by molar-refractivity contribution is 0.0526. The first-order chi connectivity index (χ1) is 12.2. The SMILES string of the molecule is CCOC(=O)c1ccc(NS(=O)(=O)c2ccc(OC)c(Cl)c2Cl)c(Cl)c1. The number of benzene rings is 2. The van der Waals surface area contributed by atoms with E-state index < -0.39 is 16.0 Å². The van der Waals surface area contributed by atoms with Gasteiger partial charge in [-0.25, -0.2) is 13.2 Å². The summed E-state index contributed by atoms with van der Waals surface area (Å²) in [5, 5.41) is -0.187. The van der Waals surface area contributed by atoms with Crippen molar-refractivity contribution in [2.45, 2.75) is 11.8 Å². The molecular weight excluding hydrogens is 425 g/mol. The number of halogens is 3. The van der Waals surface area contributed by atoms with Gasteiger partial charge >= 0.3 is 5.97 Å². The summed E-state index contributed by atoms with van der Waals surface area (Å²) in [6.07, 6.45) is 0. The summed E-state index contributed by atoms with van der Waals surface area (Å²) < 4.78 is 37.4. The molecule has 0 unspecified atom stereocenters. The Labute approximate surface area is 166 Å². The van der Waals surface area contributed by atoms with Gasteiger partial charge in [-0.15, -0.1) is 0 Å². The molecule has 2 aromatic carbocycles. The van der Waals surface area contributed by atoms with Crippen LogP contribution in [0.4, 0.5) is 5.69 Å². The number of hydrogen-bond acceptors (Lipinski definition) is 5. The number of anilines is 1. The molecule has 0 aliphatic rings. The fraction of sp³-hybridized carbons (Fsp3) is 0.188. The molecule has 0 heterocycles. The van der Waals surface area contributed by atoms with E-state index in [1.54, 1.807) is 6.92 Å². The number of nitrogens with one attached hydrogen (secondary N) is 1. The predicted molar refractivity (Wildman–Crippen MR) is 101 cm³/mol. The van der Waals surface area contributed by atoms with Gasteiger partial charge < -0.3 is 9.47 Å². The highest BCUT2D eigenvalue weighted by molar-refractivity contribution is 7.92. The Balaban J connectivity index is 2.36. The fourth-order valence-electron chi connectivity index (χ4n) is 2.02. The van der Waals surface area contributed by atoms with Crippen molar-refractivity contribution in [2.24, 2.45) is 0 Å². The van der Waals surface area contributed by atoms with E-state index in [2.05, 4.69) is 4.72 Å². The molecule has 2 aromatic rings. The predicted octanol–water partition coefficient (Wildman–Crippen LogP) is 4.63. The maximum atomic E-state index is 12.6. The zero-order chi connectivity index (χ0) is 19.5. The van der Waals surface area contributed by atoms with Gasteiger partial charge in [0.15, 0.2) is 0 Å². The van der Waals surface area contributed by atoms with E-state index in [9.17, 15) is 13.2 Å². The lowest BCUT2D eigenvalue weighted by Gasteiger charge is -2.13. The molecule has 0 bridgehead atoms. The zero-order valence-corrected chi connectivity index (χ0v) is 16.8. The molecule has 140 valence electrons. The third-order valence-electron chi connectivity index (χ3n) is 3.25. The molecule has 0 aliphatic heterocycles. The normalized spacial score (nSPS) is 11.1. The van der Waals surface area contributed by atoms with Crippen LogP contribution in [0.5, 0.6) is 5.75 Å². The highest BCUT2D eigenvalue weighted by atomic mass is 35.5. The van der Waals surface area contributed by atoms with Crippen molar-refractivity contribution < 1.29 is 22.7 Å². The van der Waals surface area contributed by atoms with Crippen LogP contribution in [-0.2, 0) is 14.8 Å². The number of carbonyl (C=O) groups excluding carboxylic acids is 1. The van der Waals surface area contributed by atoms with Crippen LogP contribution >= 0.6 is 34.8 Å². The Morgan fingerprint density at radius 1 is 1.12 bits per heavy atom. The molecule has 6 nitrogen and oxygen atoms in total. The smallest absolute Gasteiger partial charge is 0.338 e. The molecule has 0 radical (unpaired) electrons. The summed E-state index contributed by atoms with van der Waals surface area (Å²) >= 11 is 18.1. The summed E-state index contributed by atoms with van der Waals surface area (Å²) in [5.74, 6) is -0.318. The van der Waals surface area contributed by atoms with E-state index in [0.29, 0.717) is 0 Å². The maximum absolute atomic E-state index is 12.6. The molecule has 10 heteroatoms. The second-order valence-corrected chi connectivity index (χ2v) is 7.73. The maximum Gasteiger partial charge on any atom is 0.338 e. The van der Waals surface area contributed by atoms with Gasteiger partial charge in [-0.3, -0.25) is 4.72 Å². The molecule has 0 saturated carbocycles. The molecule has 0 amide bonds. The monoisotopic (exact) mass is 437 g/mol. The molecule has 1 N–H and O–H groups in total. The first-order valence-corrected chi connectivity index (χ1v) is 9.84. The van der Waals surface area contributed by atoms with Gasteiger partial charge in [0.05, 0.1) is 35.0 Å². The highest BCUT2D eigenvalue weighted by Crippen LogP contribution is 2.37. The van der Waals surface area contributed by atoms with Gasteiger partial charge in [0.25, 0.3) is 10.0 Å². The van der Waals surface area contributed by atoms with Crippen molar-refractivity contribution in [3.8, 4) is 5.75 Å². The molecule has 2 rings (SSSR count). The Bertz CT molecular complexity index is 947. The van der Waals surface area contributed by atoms with Gasteiger partial charge in [-0.05, 0) is 37.3 Å². The number of ether oxygens (including phenoxy) is 2. The molecule has 26 heavy (non-hydrogen) atoms. The van der Waals surface area contributed by atoms with Gasteiger partial charge in [-0.2, -0.15) is 0 Å². The standard InChI is InChI=1S/C16H14Cl3NO5S/c1-3-25-16(21)9-4-5-11(10(17)8-9)20-26(22,23)13-7-6-12(24-2)14(18)15(13)19/h4-8,20H,3H2,1-2H3. The average Bonchev–Trinajstić information content (AvgIpc) is 2.58. The number of rotatable bonds is 6. The van der Waals surface area contributed by atoms with Crippen molar-refractivity contribution in [3.05, 3.63) is 51.0 Å². The minimum absolute atomic E-state index is 0.0230. The third-order valence-corrected chi connectivity index (χ3v) is 5.94. The Morgan fingerprint density at radius 3 is 2.38 bits per heavy atom. The lowest BCUT2D eigenvalue weighted by atomic mass is 10.2. The van der Waals surface area contributed by atoms with E-state index >= 15 is 0 Å². The summed E-state index contributed by atoms with van der Waals surface area (Å²) in [6.45, 7) is 1.88. The Hall–Kier alpha value is -1.67. The molecule has 0 spiro atoms. The molecule has 0 aromatic heterocycles. The van der Waals surface area contributed by atoms with Crippen LogP contribution in [0.2, 0.25) is 15.1 Å². The van der Waals surface area contributed by atoms with Gasteiger partial charge in [0, 0.05) is 0 Å². The van der Waals surface area contributed by atoms with E-state index in [4.69, 9.17) is 44.3 Å². The van der Waals surface area contributed by atoms with Crippen LogP contribution in [0, 0.1) is 0 Å². The zero-order valence-electron chi connectivity index (χ0n) is 13.7. The minimum Gasteiger partial charge on any atom is -0.495 e. The highest BCUT2D eigenvalue weighted by Gasteiger charge is 2.23. The van der Waals surface area contributed by atoms with E-state index in [0.717, 1.165) is 0 Å². The lowest BCUT2D eigenvalue weighted by Crippen LogP contribution is -2.14. The number of carbonyl (C=O) groups is 1. The second kappa shape index (κ2) is 8.35. The first kappa shape index (κ1) is 20.6. The van der Waals surface area contributed by atoms with Gasteiger partial charge in [-0.1, -0.05) is 34.8 Å². The second-order valence-electron chi connectivity index (χ2n) is 4.91. The van der Waals surface area contributed by atoms with Crippen molar-refractivity contribution >= 4 is 56.5 Å². The summed E-state index contributed by atoms with van der Waals surface area (Å²) in [5.41, 5.74) is 0.271. The van der Waals surface area contributed by atoms with E-state index in [1.807, 2.05) is 0 Å². The minimum atomic E-state index is -4.08. The number of esters is 1.